The van der Waals surface area contributed by atoms with Gasteiger partial charge in [0.25, 0.3) is 6.43 Å². The third-order valence-corrected chi connectivity index (χ3v) is 3.59. The molecule has 1 aliphatic rings. The van der Waals surface area contributed by atoms with E-state index >= 15 is 0 Å². The van der Waals surface area contributed by atoms with Gasteiger partial charge in [0, 0.05) is 6.04 Å². The van der Waals surface area contributed by atoms with Gasteiger partial charge in [-0.2, -0.15) is 0 Å². The predicted molar refractivity (Wildman–Crippen MR) is 67.0 cm³/mol. The normalized spacial score (nSPS) is 17.1. The van der Waals surface area contributed by atoms with Crippen LogP contribution in [0.15, 0.2) is 0 Å². The van der Waals surface area contributed by atoms with Gasteiger partial charge in [0.05, 0.1) is 0 Å². The molecule has 0 aromatic carbocycles. The number of hydrogen-bond acceptors (Lipinski definition) is 4. The zero-order valence-corrected chi connectivity index (χ0v) is 11.4. The highest BCUT2D eigenvalue weighted by molar-refractivity contribution is 5.87. The zero-order chi connectivity index (χ0) is 15.6. The van der Waals surface area contributed by atoms with Gasteiger partial charge in [0.2, 0.25) is 5.91 Å². The second kappa shape index (κ2) is 6.15. The number of nitrogens with zero attached hydrogens (tertiary/aromatic N) is 3. The van der Waals surface area contributed by atoms with Crippen LogP contribution in [-0.2, 0) is 4.79 Å². The number of rotatable bonds is 5. The molecule has 0 bridgehead atoms. The van der Waals surface area contributed by atoms with Gasteiger partial charge in [0.15, 0.2) is 5.69 Å². The largest absolute Gasteiger partial charge is 0.476 e. The van der Waals surface area contributed by atoms with E-state index < -0.39 is 35.7 Å². The number of hydrogen-bond donors (Lipinski definition) is 2. The molecular weight excluding hydrogens is 286 g/mol. The van der Waals surface area contributed by atoms with Crippen LogP contribution in [0, 0.1) is 0 Å². The topological polar surface area (TPSA) is 97.1 Å². The SMILES string of the molecule is CC(C(=O)NC1CCCC1)n1nnc(C(=O)O)c1C(F)F. The average molecular weight is 302 g/mol. The molecule has 0 spiro atoms. The first-order chi connectivity index (χ1) is 9.91. The molecule has 116 valence electrons. The highest BCUT2D eigenvalue weighted by Gasteiger charge is 2.31. The van der Waals surface area contributed by atoms with Crippen LogP contribution in [0.1, 0.15) is 61.3 Å². The van der Waals surface area contributed by atoms with Crippen molar-refractivity contribution < 1.29 is 23.5 Å². The Balaban J connectivity index is 2.19. The van der Waals surface area contributed by atoms with Gasteiger partial charge in [0.1, 0.15) is 11.7 Å². The maximum absolute atomic E-state index is 13.0. The van der Waals surface area contributed by atoms with Crippen LogP contribution in [0.3, 0.4) is 0 Å². The smallest absolute Gasteiger partial charge is 0.358 e. The molecule has 1 atom stereocenters. The summed E-state index contributed by atoms with van der Waals surface area (Å²) >= 11 is 0. The van der Waals surface area contributed by atoms with Gasteiger partial charge in [-0.3, -0.25) is 4.79 Å². The number of aromatic carboxylic acids is 1. The molecule has 1 aromatic rings. The van der Waals surface area contributed by atoms with E-state index in [0.717, 1.165) is 25.7 Å². The summed E-state index contributed by atoms with van der Waals surface area (Å²) in [6, 6.07) is -1.01. The lowest BCUT2D eigenvalue weighted by atomic mass is 10.2. The first-order valence-electron chi connectivity index (χ1n) is 6.68. The Morgan fingerprint density at radius 3 is 2.52 bits per heavy atom. The van der Waals surface area contributed by atoms with Crippen molar-refractivity contribution in [1.29, 1.82) is 0 Å². The molecule has 1 amide bonds. The summed E-state index contributed by atoms with van der Waals surface area (Å²) in [5.41, 5.74) is -1.68. The van der Waals surface area contributed by atoms with Crippen molar-refractivity contribution in [2.45, 2.75) is 51.1 Å². The van der Waals surface area contributed by atoms with Gasteiger partial charge in [-0.05, 0) is 19.8 Å². The van der Waals surface area contributed by atoms with Crippen LogP contribution in [-0.4, -0.2) is 38.0 Å². The molecule has 0 saturated heterocycles. The van der Waals surface area contributed by atoms with Crippen LogP contribution in [0.5, 0.6) is 0 Å². The van der Waals surface area contributed by atoms with E-state index in [1.807, 2.05) is 0 Å². The summed E-state index contributed by atoms with van der Waals surface area (Å²) in [5, 5.41) is 18.2. The molecule has 1 fully saturated rings. The minimum Gasteiger partial charge on any atom is -0.476 e. The molecule has 1 aromatic heterocycles. The van der Waals surface area contributed by atoms with E-state index in [4.69, 9.17) is 5.11 Å². The number of nitrogens with one attached hydrogen (secondary N) is 1. The summed E-state index contributed by atoms with van der Waals surface area (Å²) in [6.45, 7) is 1.39. The maximum atomic E-state index is 13.0. The third-order valence-electron chi connectivity index (χ3n) is 3.59. The Bertz CT molecular complexity index is 541. The number of halogens is 2. The van der Waals surface area contributed by atoms with Gasteiger partial charge in [-0.15, -0.1) is 5.10 Å². The number of alkyl halides is 2. The van der Waals surface area contributed by atoms with Crippen molar-refractivity contribution in [2.24, 2.45) is 0 Å². The minimum absolute atomic E-state index is 0.0393. The van der Waals surface area contributed by atoms with Crippen molar-refractivity contribution in [1.82, 2.24) is 20.3 Å². The first-order valence-corrected chi connectivity index (χ1v) is 6.68. The van der Waals surface area contributed by atoms with Gasteiger partial charge >= 0.3 is 5.97 Å². The van der Waals surface area contributed by atoms with E-state index in [-0.39, 0.29) is 6.04 Å². The van der Waals surface area contributed by atoms with Crippen LogP contribution in [0.4, 0.5) is 8.78 Å². The molecule has 9 heteroatoms. The van der Waals surface area contributed by atoms with Crippen LogP contribution < -0.4 is 5.32 Å². The number of carbonyl (C=O) groups excluding carboxylic acids is 1. The number of aromatic nitrogens is 3. The Morgan fingerprint density at radius 1 is 1.38 bits per heavy atom. The molecule has 21 heavy (non-hydrogen) atoms. The Morgan fingerprint density at radius 2 is 2.00 bits per heavy atom. The summed E-state index contributed by atoms with van der Waals surface area (Å²) in [7, 11) is 0. The fourth-order valence-electron chi connectivity index (χ4n) is 2.45. The second-order valence-corrected chi connectivity index (χ2v) is 5.04. The average Bonchev–Trinajstić information content (AvgIpc) is 3.05. The van der Waals surface area contributed by atoms with Crippen LogP contribution in [0.2, 0.25) is 0 Å². The lowest BCUT2D eigenvalue weighted by Gasteiger charge is -2.18. The monoisotopic (exact) mass is 302 g/mol. The van der Waals surface area contributed by atoms with Crippen molar-refractivity contribution in [3.8, 4) is 0 Å². The standard InChI is InChI=1S/C12H16F2N4O3/c1-6(11(19)15-7-4-2-3-5-7)18-9(10(13)14)8(12(20)21)16-17-18/h6-7,10H,2-5H2,1H3,(H,15,19)(H,20,21). The molecule has 0 radical (unpaired) electrons. The molecule has 1 heterocycles. The Hall–Kier alpha value is -2.06. The highest BCUT2D eigenvalue weighted by Crippen LogP contribution is 2.25. The molecule has 7 nitrogen and oxygen atoms in total. The number of carbonyl (C=O) groups is 2. The molecule has 2 N–H and O–H groups in total. The first kappa shape index (κ1) is 15.3. The van der Waals surface area contributed by atoms with E-state index in [1.54, 1.807) is 0 Å². The number of carboxylic acids is 1. The predicted octanol–water partition coefficient (Wildman–Crippen LogP) is 1.53. The fourth-order valence-corrected chi connectivity index (χ4v) is 2.45. The van der Waals surface area contributed by atoms with Crippen molar-refractivity contribution in [3.63, 3.8) is 0 Å². The minimum atomic E-state index is -3.08. The summed E-state index contributed by atoms with van der Waals surface area (Å²) in [5.74, 6) is -2.06. The summed E-state index contributed by atoms with van der Waals surface area (Å²) < 4.78 is 26.7. The van der Waals surface area contributed by atoms with Gasteiger partial charge < -0.3 is 10.4 Å². The van der Waals surface area contributed by atoms with Crippen LogP contribution >= 0.6 is 0 Å². The van der Waals surface area contributed by atoms with Crippen molar-refractivity contribution >= 4 is 11.9 Å². The van der Waals surface area contributed by atoms with Gasteiger partial charge in [-0.25, -0.2) is 18.3 Å². The van der Waals surface area contributed by atoms with E-state index in [2.05, 4.69) is 15.6 Å². The molecule has 2 rings (SSSR count). The molecule has 1 aliphatic carbocycles. The maximum Gasteiger partial charge on any atom is 0.358 e. The number of carboxylic acid groups (broad SMARTS) is 1. The second-order valence-electron chi connectivity index (χ2n) is 5.04. The van der Waals surface area contributed by atoms with E-state index in [1.165, 1.54) is 6.92 Å². The summed E-state index contributed by atoms with van der Waals surface area (Å²) in [4.78, 5) is 22.9. The summed E-state index contributed by atoms with van der Waals surface area (Å²) in [6.07, 6.45) is 0.686. The van der Waals surface area contributed by atoms with Crippen molar-refractivity contribution in [3.05, 3.63) is 11.4 Å². The third kappa shape index (κ3) is 3.17. The Kier molecular flexibility index (Phi) is 4.49. The molecular formula is C12H16F2N4O3. The Labute approximate surface area is 119 Å². The molecule has 1 unspecified atom stereocenters. The fraction of sp³-hybridized carbons (Fsp3) is 0.667. The molecule has 1 saturated carbocycles. The lowest BCUT2D eigenvalue weighted by Crippen LogP contribution is -2.38. The van der Waals surface area contributed by atoms with E-state index in [9.17, 15) is 18.4 Å². The number of amides is 1. The van der Waals surface area contributed by atoms with Gasteiger partial charge in [-0.1, -0.05) is 18.1 Å². The van der Waals surface area contributed by atoms with Crippen molar-refractivity contribution in [2.75, 3.05) is 0 Å². The highest BCUT2D eigenvalue weighted by atomic mass is 19.3. The van der Waals surface area contributed by atoms with E-state index in [0.29, 0.717) is 4.68 Å². The quantitative estimate of drug-likeness (QED) is 0.859. The van der Waals surface area contributed by atoms with Crippen LogP contribution in [0.25, 0.3) is 0 Å². The zero-order valence-electron chi connectivity index (χ0n) is 11.4. The molecule has 0 aliphatic heterocycles. The lowest BCUT2D eigenvalue weighted by molar-refractivity contribution is -0.125.